The van der Waals surface area contributed by atoms with Gasteiger partial charge >= 0.3 is 0 Å². The minimum absolute atomic E-state index is 0.145. The second-order valence-corrected chi connectivity index (χ2v) is 9.18. The third kappa shape index (κ3) is 3.78. The summed E-state index contributed by atoms with van der Waals surface area (Å²) in [5.41, 5.74) is 12.1. The van der Waals surface area contributed by atoms with Crippen molar-refractivity contribution >= 4 is 27.6 Å². The molecule has 1 aliphatic heterocycles. The molecule has 1 fully saturated rings. The highest BCUT2D eigenvalue weighted by Crippen LogP contribution is 2.43. The topological polar surface area (TPSA) is 127 Å². The van der Waals surface area contributed by atoms with Gasteiger partial charge in [0, 0.05) is 13.1 Å². The molecule has 1 saturated carbocycles. The van der Waals surface area contributed by atoms with Crippen LogP contribution >= 0.6 is 0 Å². The molecule has 0 bridgehead atoms. The zero-order valence-corrected chi connectivity index (χ0v) is 18.1. The van der Waals surface area contributed by atoms with Crippen LogP contribution in [0.5, 0.6) is 5.75 Å². The smallest absolute Gasteiger partial charge is 0.243 e. The van der Waals surface area contributed by atoms with Crippen LogP contribution in [0.25, 0.3) is 0 Å². The van der Waals surface area contributed by atoms with Gasteiger partial charge in [-0.1, -0.05) is 20.3 Å². The van der Waals surface area contributed by atoms with Crippen molar-refractivity contribution in [3.05, 3.63) is 18.2 Å². The molecule has 0 radical (unpaired) electrons. The van der Waals surface area contributed by atoms with Crippen molar-refractivity contribution in [1.29, 1.82) is 0 Å². The van der Waals surface area contributed by atoms with Gasteiger partial charge in [-0.3, -0.25) is 4.90 Å². The van der Waals surface area contributed by atoms with E-state index in [0.29, 0.717) is 24.5 Å². The maximum Gasteiger partial charge on any atom is 0.243 e. The first-order chi connectivity index (χ1) is 13.8. The van der Waals surface area contributed by atoms with Gasteiger partial charge in [0.05, 0.1) is 17.7 Å². The summed E-state index contributed by atoms with van der Waals surface area (Å²) in [4.78, 5) is 10.8. The van der Waals surface area contributed by atoms with E-state index in [-0.39, 0.29) is 16.8 Å². The van der Waals surface area contributed by atoms with E-state index >= 15 is 0 Å². The Morgan fingerprint density at radius 1 is 1.17 bits per heavy atom. The Kier molecular flexibility index (Phi) is 6.04. The van der Waals surface area contributed by atoms with E-state index in [9.17, 15) is 8.42 Å². The highest BCUT2D eigenvalue weighted by Gasteiger charge is 2.44. The molecule has 10 heteroatoms. The van der Waals surface area contributed by atoms with Gasteiger partial charge in [-0.05, 0) is 43.9 Å². The van der Waals surface area contributed by atoms with Crippen LogP contribution in [-0.2, 0) is 10.0 Å². The molecule has 29 heavy (non-hydrogen) atoms. The number of hydrogen-bond acceptors (Lipinski definition) is 8. The van der Waals surface area contributed by atoms with Gasteiger partial charge in [-0.2, -0.15) is 9.30 Å². The van der Waals surface area contributed by atoms with Gasteiger partial charge < -0.3 is 16.2 Å². The average Bonchev–Trinajstić information content (AvgIpc) is 2.68. The highest BCUT2D eigenvalue weighted by molar-refractivity contribution is 7.89. The van der Waals surface area contributed by atoms with Gasteiger partial charge in [-0.15, -0.1) is 0 Å². The van der Waals surface area contributed by atoms with Crippen LogP contribution in [0.3, 0.4) is 0 Å². The minimum atomic E-state index is -3.65. The van der Waals surface area contributed by atoms with Crippen molar-refractivity contribution < 1.29 is 13.2 Å². The lowest BCUT2D eigenvalue weighted by Gasteiger charge is -2.46. The molecule has 3 rings (SSSR count). The summed E-state index contributed by atoms with van der Waals surface area (Å²) in [7, 11) is -2.11. The monoisotopic (exact) mass is 422 g/mol. The van der Waals surface area contributed by atoms with E-state index < -0.39 is 15.7 Å². The number of aliphatic imine (C=N–C) groups is 2. The van der Waals surface area contributed by atoms with Crippen LogP contribution in [0.15, 0.2) is 33.1 Å². The molecule has 4 N–H and O–H groups in total. The number of nitrogens with two attached hydrogens (primary N) is 2. The molecule has 0 atom stereocenters. The number of sulfonamides is 1. The molecule has 160 valence electrons. The zero-order valence-electron chi connectivity index (χ0n) is 17.3. The van der Waals surface area contributed by atoms with Gasteiger partial charge in [-0.25, -0.2) is 13.4 Å². The summed E-state index contributed by atoms with van der Waals surface area (Å²) in [6, 6.07) is 4.80. The number of guanidine groups is 2. The van der Waals surface area contributed by atoms with Crippen molar-refractivity contribution in [3.8, 4) is 5.75 Å². The van der Waals surface area contributed by atoms with E-state index in [1.807, 2.05) is 13.8 Å². The van der Waals surface area contributed by atoms with Crippen molar-refractivity contribution in [2.24, 2.45) is 21.5 Å². The Labute approximate surface area is 172 Å². The number of hydrogen-bond donors (Lipinski definition) is 2. The van der Waals surface area contributed by atoms with Crippen LogP contribution in [0.2, 0.25) is 0 Å². The molecule has 2 aliphatic rings. The molecule has 9 nitrogen and oxygen atoms in total. The van der Waals surface area contributed by atoms with Crippen LogP contribution in [0.1, 0.15) is 46.0 Å². The number of benzene rings is 1. The second kappa shape index (κ2) is 8.19. The highest BCUT2D eigenvalue weighted by atomic mass is 32.2. The molecular formula is C19H30N6O3S. The largest absolute Gasteiger partial charge is 0.495 e. The van der Waals surface area contributed by atoms with Crippen LogP contribution in [0.4, 0.5) is 5.69 Å². The standard InChI is InChI=1S/C19H30N6O3S/c1-4-24(5-2)29(26,27)14-9-10-16(28-3)15(13-14)25-18(21)22-17(20)23-19(25)11-7-6-8-12-19/h9-10,13H,4-8,11-12H2,1-3H3,(H4,20,21,22,23). The Morgan fingerprint density at radius 2 is 1.83 bits per heavy atom. The molecule has 1 aliphatic carbocycles. The van der Waals surface area contributed by atoms with Crippen molar-refractivity contribution in [2.75, 3.05) is 25.1 Å². The Hall–Kier alpha value is -2.33. The normalized spacial score (nSPS) is 19.2. The Balaban J connectivity index is 2.17. The van der Waals surface area contributed by atoms with Crippen LogP contribution in [-0.4, -0.2) is 50.5 Å². The fourth-order valence-corrected chi connectivity index (χ4v) is 5.67. The summed E-state index contributed by atoms with van der Waals surface area (Å²) in [6.07, 6.45) is 4.55. The summed E-state index contributed by atoms with van der Waals surface area (Å²) in [5.74, 6) is 0.837. The van der Waals surface area contributed by atoms with Gasteiger partial charge in [0.1, 0.15) is 11.4 Å². The first-order valence-corrected chi connectivity index (χ1v) is 11.4. The van der Waals surface area contributed by atoms with Gasteiger partial charge in [0.25, 0.3) is 0 Å². The van der Waals surface area contributed by atoms with Crippen molar-refractivity contribution in [1.82, 2.24) is 4.31 Å². The van der Waals surface area contributed by atoms with E-state index in [0.717, 1.165) is 32.1 Å². The fraction of sp³-hybridized carbons (Fsp3) is 0.579. The minimum Gasteiger partial charge on any atom is -0.495 e. The summed E-state index contributed by atoms with van der Waals surface area (Å²) < 4.78 is 33.1. The molecule has 0 saturated heterocycles. The molecule has 1 spiro atoms. The molecular weight excluding hydrogens is 392 g/mol. The summed E-state index contributed by atoms with van der Waals surface area (Å²) >= 11 is 0. The SMILES string of the molecule is CCN(CC)S(=O)(=O)c1ccc(OC)c(N2C(N)=NC(N)=NC23CCCCC3)c1. The second-order valence-electron chi connectivity index (χ2n) is 7.24. The fourth-order valence-electron chi connectivity index (χ4n) is 4.19. The van der Waals surface area contributed by atoms with Crippen LogP contribution < -0.4 is 21.1 Å². The molecule has 0 aromatic heterocycles. The Morgan fingerprint density at radius 3 is 2.41 bits per heavy atom. The summed E-state index contributed by atoms with van der Waals surface area (Å²) in [6.45, 7) is 4.40. The average molecular weight is 423 g/mol. The summed E-state index contributed by atoms with van der Waals surface area (Å²) in [5, 5.41) is 0. The van der Waals surface area contributed by atoms with E-state index in [2.05, 4.69) is 9.98 Å². The van der Waals surface area contributed by atoms with E-state index in [4.69, 9.17) is 16.2 Å². The van der Waals surface area contributed by atoms with E-state index in [1.54, 1.807) is 30.2 Å². The number of methoxy groups -OCH3 is 1. The molecule has 1 aromatic rings. The quantitative estimate of drug-likeness (QED) is 0.720. The van der Waals surface area contributed by atoms with Crippen molar-refractivity contribution in [3.63, 3.8) is 0 Å². The zero-order chi connectivity index (χ0) is 21.2. The number of rotatable bonds is 6. The van der Waals surface area contributed by atoms with Gasteiger partial charge in [0.2, 0.25) is 21.9 Å². The van der Waals surface area contributed by atoms with E-state index in [1.165, 1.54) is 4.31 Å². The number of anilines is 1. The Bertz CT molecular complexity index is 918. The molecule has 1 aromatic carbocycles. The van der Waals surface area contributed by atoms with Crippen molar-refractivity contribution in [2.45, 2.75) is 56.5 Å². The third-order valence-electron chi connectivity index (χ3n) is 5.59. The lowest BCUT2D eigenvalue weighted by atomic mass is 9.87. The lowest BCUT2D eigenvalue weighted by Crippen LogP contribution is -2.58. The maximum absolute atomic E-state index is 13.1. The molecule has 0 unspecified atom stereocenters. The predicted octanol–water partition coefficient (Wildman–Crippen LogP) is 1.84. The van der Waals surface area contributed by atoms with Gasteiger partial charge in [0.15, 0.2) is 0 Å². The first kappa shape index (κ1) is 21.4. The predicted molar refractivity (Wildman–Crippen MR) is 115 cm³/mol. The molecule has 1 heterocycles. The lowest BCUT2D eigenvalue weighted by molar-refractivity contribution is 0.303. The maximum atomic E-state index is 13.1. The molecule has 0 amide bonds. The number of nitrogens with zero attached hydrogens (tertiary/aromatic N) is 4. The third-order valence-corrected chi connectivity index (χ3v) is 7.63. The first-order valence-electron chi connectivity index (χ1n) is 9.97. The number of ether oxygens (including phenoxy) is 1. The van der Waals surface area contributed by atoms with Crippen LogP contribution in [0, 0.1) is 0 Å².